The Hall–Kier alpha value is -0.560. The Morgan fingerprint density at radius 2 is 2.09 bits per heavy atom. The summed E-state index contributed by atoms with van der Waals surface area (Å²) in [6.07, 6.45) is 7.07. The van der Waals surface area contributed by atoms with Crippen molar-refractivity contribution in [2.75, 3.05) is 13.6 Å². The molecule has 0 spiro atoms. The number of hydrogen-bond acceptors (Lipinski definition) is 1. The summed E-state index contributed by atoms with van der Waals surface area (Å²) in [6, 6.07) is 0.645. The van der Waals surface area contributed by atoms with E-state index in [1.807, 2.05) is 12.2 Å². The zero-order chi connectivity index (χ0) is 8.69. The Bertz CT molecular complexity index is 125. The molecule has 0 atom stereocenters. The summed E-state index contributed by atoms with van der Waals surface area (Å²) in [5.74, 6) is 0. The minimum atomic E-state index is 0.645. The monoisotopic (exact) mass is 153 g/mol. The van der Waals surface area contributed by atoms with E-state index in [9.17, 15) is 0 Å². The molecule has 0 aliphatic heterocycles. The van der Waals surface area contributed by atoms with Gasteiger partial charge >= 0.3 is 0 Å². The Morgan fingerprint density at radius 3 is 2.55 bits per heavy atom. The van der Waals surface area contributed by atoms with Gasteiger partial charge in [0.15, 0.2) is 0 Å². The molecule has 0 aliphatic rings. The third kappa shape index (κ3) is 5.86. The van der Waals surface area contributed by atoms with Gasteiger partial charge in [-0.3, -0.25) is 0 Å². The Morgan fingerprint density at radius 1 is 1.45 bits per heavy atom. The van der Waals surface area contributed by atoms with E-state index >= 15 is 0 Å². The highest BCUT2D eigenvalue weighted by atomic mass is 15.1. The maximum absolute atomic E-state index is 3.61. The first kappa shape index (κ1) is 10.4. The highest BCUT2D eigenvalue weighted by Gasteiger charge is 1.99. The Kier molecular flexibility index (Phi) is 5.86. The SMILES string of the molecule is C=C/C=C\CCN(C)C(C)C. The van der Waals surface area contributed by atoms with Crippen LogP contribution in [-0.2, 0) is 0 Å². The van der Waals surface area contributed by atoms with Crippen LogP contribution < -0.4 is 0 Å². The van der Waals surface area contributed by atoms with E-state index in [-0.39, 0.29) is 0 Å². The molecule has 0 aromatic carbocycles. The molecule has 0 radical (unpaired) electrons. The first-order valence-electron chi connectivity index (χ1n) is 4.16. The molecule has 0 aromatic rings. The Balaban J connectivity index is 3.38. The lowest BCUT2D eigenvalue weighted by Gasteiger charge is -2.19. The van der Waals surface area contributed by atoms with Gasteiger partial charge in [-0.15, -0.1) is 0 Å². The summed E-state index contributed by atoms with van der Waals surface area (Å²) in [7, 11) is 2.15. The number of nitrogens with zero attached hydrogens (tertiary/aromatic N) is 1. The van der Waals surface area contributed by atoms with Crippen LogP contribution in [0.15, 0.2) is 24.8 Å². The summed E-state index contributed by atoms with van der Waals surface area (Å²) >= 11 is 0. The third-order valence-corrected chi connectivity index (χ3v) is 1.80. The minimum absolute atomic E-state index is 0.645. The van der Waals surface area contributed by atoms with Crippen LogP contribution in [-0.4, -0.2) is 24.5 Å². The molecule has 0 fully saturated rings. The second-order valence-corrected chi connectivity index (χ2v) is 3.03. The summed E-state index contributed by atoms with van der Waals surface area (Å²) in [4.78, 5) is 2.33. The van der Waals surface area contributed by atoms with Crippen molar-refractivity contribution in [2.45, 2.75) is 26.3 Å². The molecule has 64 valence electrons. The zero-order valence-corrected chi connectivity index (χ0v) is 7.88. The topological polar surface area (TPSA) is 3.24 Å². The molecule has 1 heteroatoms. The van der Waals surface area contributed by atoms with Gasteiger partial charge in [-0.25, -0.2) is 0 Å². The fourth-order valence-corrected chi connectivity index (χ4v) is 0.729. The molecule has 0 bridgehead atoms. The number of hydrogen-bond donors (Lipinski definition) is 0. The van der Waals surface area contributed by atoms with E-state index in [2.05, 4.69) is 38.5 Å². The fraction of sp³-hybridized carbons (Fsp3) is 0.600. The van der Waals surface area contributed by atoms with E-state index in [0.29, 0.717) is 6.04 Å². The fourth-order valence-electron chi connectivity index (χ4n) is 0.729. The third-order valence-electron chi connectivity index (χ3n) is 1.80. The second kappa shape index (κ2) is 6.17. The molecule has 0 aromatic heterocycles. The zero-order valence-electron chi connectivity index (χ0n) is 7.88. The van der Waals surface area contributed by atoms with Crippen molar-refractivity contribution >= 4 is 0 Å². The highest BCUT2D eigenvalue weighted by Crippen LogP contribution is 1.95. The van der Waals surface area contributed by atoms with E-state index in [1.54, 1.807) is 0 Å². The summed E-state index contributed by atoms with van der Waals surface area (Å²) in [5.41, 5.74) is 0. The highest BCUT2D eigenvalue weighted by molar-refractivity contribution is 4.97. The lowest BCUT2D eigenvalue weighted by molar-refractivity contribution is 0.279. The van der Waals surface area contributed by atoms with E-state index < -0.39 is 0 Å². The first-order valence-corrected chi connectivity index (χ1v) is 4.16. The molecule has 0 saturated carbocycles. The molecule has 0 unspecified atom stereocenters. The van der Waals surface area contributed by atoms with Gasteiger partial charge in [-0.2, -0.15) is 0 Å². The first-order chi connectivity index (χ1) is 5.18. The number of allylic oxidation sites excluding steroid dienone is 2. The second-order valence-electron chi connectivity index (χ2n) is 3.03. The van der Waals surface area contributed by atoms with Gasteiger partial charge in [0.05, 0.1) is 0 Å². The van der Waals surface area contributed by atoms with Crippen molar-refractivity contribution in [1.82, 2.24) is 4.90 Å². The quantitative estimate of drug-likeness (QED) is 0.548. The van der Waals surface area contributed by atoms with Gasteiger partial charge in [-0.1, -0.05) is 24.8 Å². The van der Waals surface area contributed by atoms with Crippen LogP contribution in [0.25, 0.3) is 0 Å². The molecule has 0 N–H and O–H groups in total. The summed E-state index contributed by atoms with van der Waals surface area (Å²) < 4.78 is 0. The smallest absolute Gasteiger partial charge is 0.00356 e. The average Bonchev–Trinajstić information content (AvgIpc) is 1.97. The summed E-state index contributed by atoms with van der Waals surface area (Å²) in [6.45, 7) is 9.15. The standard InChI is InChI=1S/C10H19N/c1-5-6-7-8-9-11(4)10(2)3/h5-7,10H,1,8-9H2,2-4H3/b7-6-. The molecule has 1 nitrogen and oxygen atoms in total. The predicted octanol–water partition coefficient (Wildman–Crippen LogP) is 2.46. The van der Waals surface area contributed by atoms with Crippen LogP contribution in [0.3, 0.4) is 0 Å². The maximum Gasteiger partial charge on any atom is 0.00356 e. The van der Waals surface area contributed by atoms with Crippen molar-refractivity contribution < 1.29 is 0 Å². The normalized spacial score (nSPS) is 11.7. The lowest BCUT2D eigenvalue weighted by atomic mass is 10.3. The van der Waals surface area contributed by atoms with Crippen molar-refractivity contribution in [3.05, 3.63) is 24.8 Å². The summed E-state index contributed by atoms with van der Waals surface area (Å²) in [5, 5.41) is 0. The van der Waals surface area contributed by atoms with Crippen molar-refractivity contribution in [2.24, 2.45) is 0 Å². The largest absolute Gasteiger partial charge is 0.304 e. The number of rotatable bonds is 5. The van der Waals surface area contributed by atoms with Crippen LogP contribution >= 0.6 is 0 Å². The van der Waals surface area contributed by atoms with Crippen LogP contribution in [0.2, 0.25) is 0 Å². The van der Waals surface area contributed by atoms with Gasteiger partial charge in [0.1, 0.15) is 0 Å². The van der Waals surface area contributed by atoms with Gasteiger partial charge in [-0.05, 0) is 27.3 Å². The van der Waals surface area contributed by atoms with Crippen molar-refractivity contribution in [1.29, 1.82) is 0 Å². The molecule has 0 aliphatic carbocycles. The lowest BCUT2D eigenvalue weighted by Crippen LogP contribution is -2.26. The minimum Gasteiger partial charge on any atom is -0.304 e. The van der Waals surface area contributed by atoms with E-state index in [4.69, 9.17) is 0 Å². The molecule has 11 heavy (non-hydrogen) atoms. The van der Waals surface area contributed by atoms with Gasteiger partial charge in [0.2, 0.25) is 0 Å². The van der Waals surface area contributed by atoms with Crippen molar-refractivity contribution in [3.8, 4) is 0 Å². The van der Waals surface area contributed by atoms with Crippen LogP contribution in [0.1, 0.15) is 20.3 Å². The maximum atomic E-state index is 3.61. The molecule has 0 heterocycles. The van der Waals surface area contributed by atoms with Gasteiger partial charge < -0.3 is 4.90 Å². The van der Waals surface area contributed by atoms with E-state index in [1.165, 1.54) is 0 Å². The average molecular weight is 153 g/mol. The van der Waals surface area contributed by atoms with Crippen LogP contribution in [0, 0.1) is 0 Å². The van der Waals surface area contributed by atoms with Crippen molar-refractivity contribution in [3.63, 3.8) is 0 Å². The predicted molar refractivity (Wildman–Crippen MR) is 51.7 cm³/mol. The van der Waals surface area contributed by atoms with E-state index in [0.717, 1.165) is 13.0 Å². The molecular weight excluding hydrogens is 134 g/mol. The molecular formula is C10H19N. The van der Waals surface area contributed by atoms with Crippen LogP contribution in [0.5, 0.6) is 0 Å². The molecule has 0 saturated heterocycles. The van der Waals surface area contributed by atoms with Gasteiger partial charge in [0, 0.05) is 12.6 Å². The molecule has 0 amide bonds. The van der Waals surface area contributed by atoms with Crippen LogP contribution in [0.4, 0.5) is 0 Å². The Labute approximate surface area is 70.4 Å². The molecule has 0 rings (SSSR count). The van der Waals surface area contributed by atoms with Gasteiger partial charge in [0.25, 0.3) is 0 Å².